The lowest BCUT2D eigenvalue weighted by molar-refractivity contribution is -0.825. The highest BCUT2D eigenvalue weighted by Gasteiger charge is 2.22. The molecule has 0 bridgehead atoms. The van der Waals surface area contributed by atoms with Crippen LogP contribution in [0, 0.1) is 0 Å². The molecule has 10 heavy (non-hydrogen) atoms. The van der Waals surface area contributed by atoms with E-state index in [9.17, 15) is 4.79 Å². The van der Waals surface area contributed by atoms with Crippen molar-refractivity contribution in [2.24, 2.45) is 0 Å². The summed E-state index contributed by atoms with van der Waals surface area (Å²) in [7, 11) is 1.92. The van der Waals surface area contributed by atoms with E-state index in [1.54, 1.807) is 13.0 Å². The van der Waals surface area contributed by atoms with Gasteiger partial charge in [-0.25, -0.2) is 4.79 Å². The van der Waals surface area contributed by atoms with E-state index in [-0.39, 0.29) is 5.91 Å². The second-order valence-corrected chi connectivity index (χ2v) is 2.70. The van der Waals surface area contributed by atoms with Gasteiger partial charge in [0.05, 0.1) is 20.5 Å². The number of hydrogen-bond acceptors (Lipinski definition) is 1. The normalized spacial score (nSPS) is 15.9. The smallest absolute Gasteiger partial charge is 0.260 e. The Morgan fingerprint density at radius 2 is 2.20 bits per heavy atom. The van der Waals surface area contributed by atoms with E-state index in [4.69, 9.17) is 0 Å². The Hall–Kier alpha value is -0.630. The maximum atomic E-state index is 11.0. The molecule has 0 N–H and O–H groups in total. The van der Waals surface area contributed by atoms with Crippen molar-refractivity contribution >= 4 is 5.91 Å². The van der Waals surface area contributed by atoms with Gasteiger partial charge in [-0.3, -0.25) is 4.48 Å². The lowest BCUT2D eigenvalue weighted by atomic mass is 10.4. The molecule has 0 fully saturated rings. The molecule has 0 aromatic carbocycles. The molecule has 1 unspecified atom stereocenters. The number of nitrogens with zero attached hydrogens (tertiary/aromatic N) is 1. The number of quaternary nitrogens is 1. The van der Waals surface area contributed by atoms with E-state index in [0.29, 0.717) is 4.48 Å². The van der Waals surface area contributed by atoms with E-state index in [2.05, 4.69) is 6.58 Å². The summed E-state index contributed by atoms with van der Waals surface area (Å²) in [5.74, 6) is 0.197. The van der Waals surface area contributed by atoms with Crippen molar-refractivity contribution in [1.82, 2.24) is 0 Å². The number of likely N-dealkylation sites (N-methyl/N-ethyl adjacent to an activating group) is 1. The first kappa shape index (κ1) is 9.37. The van der Waals surface area contributed by atoms with Gasteiger partial charge in [0.2, 0.25) is 0 Å². The number of hydrogen-bond donors (Lipinski definition) is 0. The van der Waals surface area contributed by atoms with Crippen LogP contribution in [-0.4, -0.2) is 30.5 Å². The topological polar surface area (TPSA) is 17.1 Å². The van der Waals surface area contributed by atoms with Gasteiger partial charge >= 0.3 is 5.91 Å². The lowest BCUT2D eigenvalue weighted by Crippen LogP contribution is -2.47. The van der Waals surface area contributed by atoms with Crippen molar-refractivity contribution in [2.75, 3.05) is 20.1 Å². The third-order valence-electron chi connectivity index (χ3n) is 1.99. The zero-order chi connectivity index (χ0) is 8.20. The summed E-state index contributed by atoms with van der Waals surface area (Å²) in [6.07, 6.45) is 1.78. The molecule has 2 heteroatoms. The van der Waals surface area contributed by atoms with Gasteiger partial charge in [-0.2, -0.15) is 0 Å². The van der Waals surface area contributed by atoms with Crippen molar-refractivity contribution < 1.29 is 9.28 Å². The summed E-state index contributed by atoms with van der Waals surface area (Å²) in [6.45, 7) is 8.79. The Bertz CT molecular complexity index is 142. The molecule has 0 aliphatic rings. The Balaban J connectivity index is 4.21. The first-order valence-electron chi connectivity index (χ1n) is 3.53. The second kappa shape index (κ2) is 3.52. The molecule has 0 saturated heterocycles. The maximum Gasteiger partial charge on any atom is 0.310 e. The van der Waals surface area contributed by atoms with Crippen molar-refractivity contribution in [2.45, 2.75) is 13.8 Å². The molecular weight excluding hydrogens is 126 g/mol. The minimum absolute atomic E-state index is 0.197. The van der Waals surface area contributed by atoms with Crippen molar-refractivity contribution in [3.8, 4) is 0 Å². The number of carbonyl (C=O) groups excluding carboxylic acids is 1. The van der Waals surface area contributed by atoms with Crippen LogP contribution >= 0.6 is 0 Å². The highest BCUT2D eigenvalue weighted by molar-refractivity contribution is 5.65. The first-order valence-corrected chi connectivity index (χ1v) is 3.53. The maximum absolute atomic E-state index is 11.0. The average Bonchev–Trinajstić information content (AvgIpc) is 1.88. The molecule has 1 amide bonds. The zero-order valence-corrected chi connectivity index (χ0v) is 7.05. The van der Waals surface area contributed by atoms with E-state index in [1.165, 1.54) is 0 Å². The SMILES string of the molecule is C=CC[N+](C)(CC)C(C)=O. The van der Waals surface area contributed by atoms with Crippen LogP contribution in [-0.2, 0) is 4.79 Å². The number of carbonyl (C=O) groups is 1. The molecule has 2 nitrogen and oxygen atoms in total. The molecule has 1 atom stereocenters. The minimum Gasteiger partial charge on any atom is -0.260 e. The fraction of sp³-hybridized carbons (Fsp3) is 0.625. The molecule has 0 heterocycles. The van der Waals surface area contributed by atoms with Gasteiger partial charge in [0.25, 0.3) is 0 Å². The van der Waals surface area contributed by atoms with E-state index < -0.39 is 0 Å². The molecule has 0 aliphatic carbocycles. The van der Waals surface area contributed by atoms with Gasteiger partial charge in [0.15, 0.2) is 0 Å². The fourth-order valence-electron chi connectivity index (χ4n) is 0.765. The molecule has 0 spiro atoms. The van der Waals surface area contributed by atoms with Gasteiger partial charge in [0, 0.05) is 0 Å². The quantitative estimate of drug-likeness (QED) is 0.427. The van der Waals surface area contributed by atoms with Crippen molar-refractivity contribution in [1.29, 1.82) is 0 Å². The highest BCUT2D eigenvalue weighted by atomic mass is 16.2. The van der Waals surface area contributed by atoms with Crippen LogP contribution in [0.2, 0.25) is 0 Å². The van der Waals surface area contributed by atoms with E-state index in [1.807, 2.05) is 14.0 Å². The molecule has 0 saturated carbocycles. The summed E-state index contributed by atoms with van der Waals surface area (Å²) in [5, 5.41) is 0. The molecule has 58 valence electrons. The molecule has 0 aliphatic heterocycles. The van der Waals surface area contributed by atoms with Crippen molar-refractivity contribution in [3.05, 3.63) is 12.7 Å². The van der Waals surface area contributed by atoms with Crippen LogP contribution in [0.3, 0.4) is 0 Å². The summed E-state index contributed by atoms with van der Waals surface area (Å²) in [6, 6.07) is 0. The summed E-state index contributed by atoms with van der Waals surface area (Å²) >= 11 is 0. The van der Waals surface area contributed by atoms with Crippen LogP contribution in [0.15, 0.2) is 12.7 Å². The molecule has 0 aromatic heterocycles. The molecule has 0 radical (unpaired) electrons. The zero-order valence-electron chi connectivity index (χ0n) is 7.05. The van der Waals surface area contributed by atoms with Gasteiger partial charge in [-0.05, 0) is 13.0 Å². The van der Waals surface area contributed by atoms with Crippen LogP contribution < -0.4 is 0 Å². The lowest BCUT2D eigenvalue weighted by Gasteiger charge is -2.27. The number of amides is 1. The average molecular weight is 142 g/mol. The van der Waals surface area contributed by atoms with Gasteiger partial charge in [-0.1, -0.05) is 6.58 Å². The van der Waals surface area contributed by atoms with E-state index in [0.717, 1.165) is 13.1 Å². The van der Waals surface area contributed by atoms with Crippen LogP contribution in [0.5, 0.6) is 0 Å². The fourth-order valence-corrected chi connectivity index (χ4v) is 0.765. The monoisotopic (exact) mass is 142 g/mol. The third-order valence-corrected chi connectivity index (χ3v) is 1.99. The van der Waals surface area contributed by atoms with Crippen LogP contribution in [0.25, 0.3) is 0 Å². The molecule has 0 rings (SSSR count). The van der Waals surface area contributed by atoms with Gasteiger partial charge in [-0.15, -0.1) is 0 Å². The van der Waals surface area contributed by atoms with Crippen LogP contribution in [0.1, 0.15) is 13.8 Å². The van der Waals surface area contributed by atoms with E-state index >= 15 is 0 Å². The predicted molar refractivity (Wildman–Crippen MR) is 42.5 cm³/mol. The number of rotatable bonds is 3. The summed E-state index contributed by atoms with van der Waals surface area (Å²) in [5.41, 5.74) is 0. The predicted octanol–water partition coefficient (Wildman–Crippen LogP) is 1.19. The third kappa shape index (κ3) is 1.95. The van der Waals surface area contributed by atoms with Crippen molar-refractivity contribution in [3.63, 3.8) is 0 Å². The molecular formula is C8H16NO+. The highest BCUT2D eigenvalue weighted by Crippen LogP contribution is 2.01. The minimum atomic E-state index is 0.197. The summed E-state index contributed by atoms with van der Waals surface area (Å²) in [4.78, 5) is 11.0. The molecule has 0 aromatic rings. The van der Waals surface area contributed by atoms with Crippen LogP contribution in [0.4, 0.5) is 0 Å². The van der Waals surface area contributed by atoms with Gasteiger partial charge < -0.3 is 0 Å². The summed E-state index contributed by atoms with van der Waals surface area (Å²) < 4.78 is 0.462. The largest absolute Gasteiger partial charge is 0.310 e. The Morgan fingerprint density at radius 3 is 2.30 bits per heavy atom. The standard InChI is InChI=1S/C8H16NO/c1-5-7-9(4,6-2)8(3)10/h5H,1,6-7H2,2-4H3/q+1. The first-order chi connectivity index (χ1) is 4.56. The van der Waals surface area contributed by atoms with Gasteiger partial charge in [0.1, 0.15) is 6.54 Å². The second-order valence-electron chi connectivity index (χ2n) is 2.70. The Kier molecular flexibility index (Phi) is 3.30. The Labute approximate surface area is 62.7 Å². The Morgan fingerprint density at radius 1 is 1.70 bits per heavy atom.